The fourth-order valence-electron chi connectivity index (χ4n) is 1.72. The van der Waals surface area contributed by atoms with E-state index in [9.17, 15) is 9.50 Å². The molecule has 18 heavy (non-hydrogen) atoms. The van der Waals surface area contributed by atoms with E-state index in [1.165, 1.54) is 19.2 Å². The number of hydrogen-bond acceptors (Lipinski definition) is 2. The van der Waals surface area contributed by atoms with Crippen LogP contribution in [0, 0.1) is 5.82 Å². The summed E-state index contributed by atoms with van der Waals surface area (Å²) >= 11 is 5.77. The second-order valence-corrected chi connectivity index (χ2v) is 4.25. The van der Waals surface area contributed by atoms with Gasteiger partial charge in [0.05, 0.1) is 7.11 Å². The lowest BCUT2D eigenvalue weighted by atomic mass is 10.0. The van der Waals surface area contributed by atoms with Crippen LogP contribution in [0.5, 0.6) is 5.75 Å². The van der Waals surface area contributed by atoms with Crippen LogP contribution in [0.25, 0.3) is 0 Å². The van der Waals surface area contributed by atoms with E-state index in [4.69, 9.17) is 16.3 Å². The van der Waals surface area contributed by atoms with Crippen molar-refractivity contribution in [3.63, 3.8) is 0 Å². The largest absolute Gasteiger partial charge is 0.494 e. The van der Waals surface area contributed by atoms with Gasteiger partial charge >= 0.3 is 0 Å². The molecule has 0 aliphatic heterocycles. The third-order valence-corrected chi connectivity index (χ3v) is 2.95. The summed E-state index contributed by atoms with van der Waals surface area (Å²) in [6, 6.07) is 11.3. The van der Waals surface area contributed by atoms with Crippen molar-refractivity contribution < 1.29 is 14.2 Å². The number of benzene rings is 2. The van der Waals surface area contributed by atoms with Crippen molar-refractivity contribution in [2.24, 2.45) is 0 Å². The van der Waals surface area contributed by atoms with E-state index in [0.29, 0.717) is 10.6 Å². The molecule has 1 atom stereocenters. The van der Waals surface area contributed by atoms with Crippen LogP contribution in [0.4, 0.5) is 4.39 Å². The predicted octanol–water partition coefficient (Wildman–Crippen LogP) is 3.57. The van der Waals surface area contributed by atoms with Gasteiger partial charge in [0.15, 0.2) is 11.6 Å². The van der Waals surface area contributed by atoms with E-state index in [1.54, 1.807) is 30.3 Å². The Morgan fingerprint density at radius 2 is 1.83 bits per heavy atom. The number of halogens is 2. The average Bonchev–Trinajstić information content (AvgIpc) is 2.39. The van der Waals surface area contributed by atoms with Gasteiger partial charge in [0, 0.05) is 10.6 Å². The third-order valence-electron chi connectivity index (χ3n) is 2.69. The second kappa shape index (κ2) is 5.38. The molecule has 4 heteroatoms. The molecule has 1 N–H and O–H groups in total. The SMILES string of the molecule is COc1cccc(C(O)c2ccc(Cl)cc2)c1F. The minimum atomic E-state index is -1.04. The summed E-state index contributed by atoms with van der Waals surface area (Å²) in [6.45, 7) is 0. The maximum atomic E-state index is 14.0. The first-order chi connectivity index (χ1) is 8.63. The summed E-state index contributed by atoms with van der Waals surface area (Å²) in [7, 11) is 1.39. The molecule has 0 amide bonds. The standard InChI is InChI=1S/C14H12ClFO2/c1-18-12-4-2-3-11(13(12)16)14(17)9-5-7-10(15)8-6-9/h2-8,14,17H,1H3. The van der Waals surface area contributed by atoms with E-state index in [-0.39, 0.29) is 11.3 Å². The van der Waals surface area contributed by atoms with Gasteiger partial charge in [-0.25, -0.2) is 4.39 Å². The third kappa shape index (κ3) is 2.47. The molecule has 0 bridgehead atoms. The highest BCUT2D eigenvalue weighted by atomic mass is 35.5. The maximum absolute atomic E-state index is 14.0. The Bertz CT molecular complexity index is 540. The minimum absolute atomic E-state index is 0.112. The molecule has 0 fully saturated rings. The van der Waals surface area contributed by atoms with Crippen LogP contribution < -0.4 is 4.74 Å². The number of rotatable bonds is 3. The summed E-state index contributed by atoms with van der Waals surface area (Å²) < 4.78 is 18.9. The first kappa shape index (κ1) is 12.9. The Hall–Kier alpha value is -1.58. The van der Waals surface area contributed by atoms with E-state index in [1.807, 2.05) is 0 Å². The van der Waals surface area contributed by atoms with E-state index >= 15 is 0 Å². The topological polar surface area (TPSA) is 29.5 Å². The molecule has 0 aromatic heterocycles. The molecule has 0 aliphatic carbocycles. The van der Waals surface area contributed by atoms with Gasteiger partial charge in [0.2, 0.25) is 0 Å². The highest BCUT2D eigenvalue weighted by Crippen LogP contribution is 2.29. The minimum Gasteiger partial charge on any atom is -0.494 e. The molecule has 1 unspecified atom stereocenters. The first-order valence-electron chi connectivity index (χ1n) is 5.39. The fraction of sp³-hybridized carbons (Fsp3) is 0.143. The number of hydrogen-bond donors (Lipinski definition) is 1. The van der Waals surface area contributed by atoms with Gasteiger partial charge in [-0.15, -0.1) is 0 Å². The monoisotopic (exact) mass is 266 g/mol. The highest BCUT2D eigenvalue weighted by molar-refractivity contribution is 6.30. The quantitative estimate of drug-likeness (QED) is 0.920. The Morgan fingerprint density at radius 1 is 1.17 bits per heavy atom. The lowest BCUT2D eigenvalue weighted by molar-refractivity contribution is 0.213. The van der Waals surface area contributed by atoms with Crippen LogP contribution >= 0.6 is 11.6 Å². The second-order valence-electron chi connectivity index (χ2n) is 3.82. The van der Waals surface area contributed by atoms with Crippen molar-refractivity contribution in [2.45, 2.75) is 6.10 Å². The van der Waals surface area contributed by atoms with E-state index in [2.05, 4.69) is 0 Å². The maximum Gasteiger partial charge on any atom is 0.171 e. The number of aliphatic hydroxyl groups excluding tert-OH is 1. The highest BCUT2D eigenvalue weighted by Gasteiger charge is 2.17. The van der Waals surface area contributed by atoms with Crippen LogP contribution in [-0.4, -0.2) is 12.2 Å². The molecule has 0 aliphatic rings. The molecule has 2 aromatic carbocycles. The number of methoxy groups -OCH3 is 1. The summed E-state index contributed by atoms with van der Waals surface area (Å²) in [5.41, 5.74) is 0.753. The van der Waals surface area contributed by atoms with Crippen molar-refractivity contribution in [1.82, 2.24) is 0 Å². The molecule has 0 spiro atoms. The van der Waals surface area contributed by atoms with Gasteiger partial charge < -0.3 is 9.84 Å². The zero-order chi connectivity index (χ0) is 13.1. The van der Waals surface area contributed by atoms with Crippen LogP contribution in [0.15, 0.2) is 42.5 Å². The van der Waals surface area contributed by atoms with Crippen LogP contribution in [0.3, 0.4) is 0 Å². The Labute approximate surface area is 110 Å². The molecule has 2 nitrogen and oxygen atoms in total. The Balaban J connectivity index is 2.39. The summed E-state index contributed by atoms with van der Waals surface area (Å²) in [4.78, 5) is 0. The van der Waals surface area contributed by atoms with Crippen molar-refractivity contribution in [2.75, 3.05) is 7.11 Å². The molecule has 0 saturated carbocycles. The van der Waals surface area contributed by atoms with E-state index in [0.717, 1.165) is 0 Å². The summed E-state index contributed by atoms with van der Waals surface area (Å²) in [5.74, 6) is -0.442. The van der Waals surface area contributed by atoms with Crippen molar-refractivity contribution in [1.29, 1.82) is 0 Å². The fourth-order valence-corrected chi connectivity index (χ4v) is 1.85. The average molecular weight is 267 g/mol. The van der Waals surface area contributed by atoms with Crippen LogP contribution in [0.2, 0.25) is 5.02 Å². The molecular formula is C14H12ClFO2. The van der Waals surface area contributed by atoms with Crippen LogP contribution in [-0.2, 0) is 0 Å². The number of aliphatic hydroxyl groups is 1. The van der Waals surface area contributed by atoms with E-state index < -0.39 is 11.9 Å². The molecule has 0 heterocycles. The molecular weight excluding hydrogens is 255 g/mol. The lowest BCUT2D eigenvalue weighted by Gasteiger charge is -2.14. The van der Waals surface area contributed by atoms with Gasteiger partial charge in [0.1, 0.15) is 6.10 Å². The van der Waals surface area contributed by atoms with Gasteiger partial charge in [-0.1, -0.05) is 35.9 Å². The molecule has 2 rings (SSSR count). The Morgan fingerprint density at radius 3 is 2.44 bits per heavy atom. The van der Waals surface area contributed by atoms with Crippen molar-refractivity contribution in [3.05, 3.63) is 64.4 Å². The van der Waals surface area contributed by atoms with Crippen molar-refractivity contribution >= 4 is 11.6 Å². The predicted molar refractivity (Wildman–Crippen MR) is 68.5 cm³/mol. The van der Waals surface area contributed by atoms with Gasteiger partial charge in [0.25, 0.3) is 0 Å². The van der Waals surface area contributed by atoms with Gasteiger partial charge in [-0.3, -0.25) is 0 Å². The summed E-state index contributed by atoms with van der Waals surface area (Å²) in [5, 5.41) is 10.7. The molecule has 2 aromatic rings. The first-order valence-corrected chi connectivity index (χ1v) is 5.77. The zero-order valence-electron chi connectivity index (χ0n) is 9.73. The van der Waals surface area contributed by atoms with Crippen LogP contribution in [0.1, 0.15) is 17.2 Å². The molecule has 0 radical (unpaired) electrons. The number of ether oxygens (including phenoxy) is 1. The lowest BCUT2D eigenvalue weighted by Crippen LogP contribution is -2.03. The van der Waals surface area contributed by atoms with Gasteiger partial charge in [-0.2, -0.15) is 0 Å². The molecule has 94 valence electrons. The normalized spacial score (nSPS) is 12.2. The smallest absolute Gasteiger partial charge is 0.171 e. The zero-order valence-corrected chi connectivity index (χ0v) is 10.5. The molecule has 0 saturated heterocycles. The summed E-state index contributed by atoms with van der Waals surface area (Å²) in [6.07, 6.45) is -1.04. The Kier molecular flexibility index (Phi) is 3.84. The van der Waals surface area contributed by atoms with Gasteiger partial charge in [-0.05, 0) is 23.8 Å². The van der Waals surface area contributed by atoms with Crippen molar-refractivity contribution in [3.8, 4) is 5.75 Å².